The molecule has 0 fully saturated rings. The largest absolute Gasteiger partial charge is 0.392 e. The molecule has 2 atom stereocenters. The van der Waals surface area contributed by atoms with Crippen molar-refractivity contribution in [3.05, 3.63) is 65.6 Å². The fourth-order valence-electron chi connectivity index (χ4n) is 3.79. The highest BCUT2D eigenvalue weighted by Gasteiger charge is 2.39. The summed E-state index contributed by atoms with van der Waals surface area (Å²) < 4.78 is 38.8. The van der Waals surface area contributed by atoms with E-state index in [9.17, 15) is 18.0 Å². The summed E-state index contributed by atoms with van der Waals surface area (Å²) in [6, 6.07) is 8.86. The number of benzene rings is 1. The number of alkyl halides is 3. The number of amides is 1. The zero-order valence-electron chi connectivity index (χ0n) is 16.3. The lowest BCUT2D eigenvalue weighted by Gasteiger charge is -2.24. The molecule has 1 amide bonds. The van der Waals surface area contributed by atoms with Crippen molar-refractivity contribution in [2.45, 2.75) is 38.4 Å². The van der Waals surface area contributed by atoms with Crippen LogP contribution < -0.4 is 5.32 Å². The van der Waals surface area contributed by atoms with Gasteiger partial charge in [0, 0.05) is 23.3 Å². The van der Waals surface area contributed by atoms with Crippen LogP contribution in [0, 0.1) is 5.92 Å². The van der Waals surface area contributed by atoms with E-state index in [2.05, 4.69) is 20.5 Å². The highest BCUT2D eigenvalue weighted by Crippen LogP contribution is 2.40. The van der Waals surface area contributed by atoms with Gasteiger partial charge in [-0.1, -0.05) is 24.3 Å². The second kappa shape index (κ2) is 7.93. The van der Waals surface area contributed by atoms with Gasteiger partial charge in [0.05, 0.1) is 28.7 Å². The van der Waals surface area contributed by atoms with Gasteiger partial charge in [0.2, 0.25) is 0 Å². The molecule has 8 heteroatoms. The molecule has 2 unspecified atom stereocenters. The number of halogens is 3. The minimum Gasteiger partial charge on any atom is -0.344 e. The van der Waals surface area contributed by atoms with Crippen molar-refractivity contribution >= 4 is 22.4 Å². The van der Waals surface area contributed by atoms with Crippen LogP contribution in [0.15, 0.2) is 48.8 Å². The summed E-state index contributed by atoms with van der Waals surface area (Å²) in [5.74, 6) is -1.54. The van der Waals surface area contributed by atoms with E-state index >= 15 is 0 Å². The van der Waals surface area contributed by atoms with Gasteiger partial charge in [-0.3, -0.25) is 14.9 Å². The molecule has 5 nitrogen and oxygen atoms in total. The third-order valence-electron chi connectivity index (χ3n) is 5.53. The molecule has 0 radical (unpaired) electrons. The van der Waals surface area contributed by atoms with Crippen molar-refractivity contribution < 1.29 is 18.0 Å². The molecule has 156 valence electrons. The Hall–Kier alpha value is -3.16. The molecule has 2 heterocycles. The molecule has 0 saturated carbocycles. The predicted octanol–water partition coefficient (Wildman–Crippen LogP) is 5.19. The minimum absolute atomic E-state index is 0.0127. The third kappa shape index (κ3) is 4.08. The van der Waals surface area contributed by atoms with Crippen LogP contribution in [0.5, 0.6) is 0 Å². The number of fused-ring (bicyclic) bond motifs is 1. The van der Waals surface area contributed by atoms with Crippen LogP contribution in [-0.4, -0.2) is 27.3 Å². The van der Waals surface area contributed by atoms with Gasteiger partial charge in [0.15, 0.2) is 0 Å². The maximum absolute atomic E-state index is 12.9. The smallest absolute Gasteiger partial charge is 0.344 e. The normalized spacial score (nSPS) is 18.1. The number of carbonyl (C=O) groups excluding carboxylic acids is 1. The van der Waals surface area contributed by atoms with Crippen LogP contribution >= 0.6 is 0 Å². The Morgan fingerprint density at radius 1 is 1.30 bits per heavy atom. The number of carbonyl (C=O) groups is 1. The molecule has 0 spiro atoms. The molecular formula is C22H21F3N4O. The number of para-hydroxylation sites is 1. The molecule has 1 aromatic carbocycles. The number of nitrogens with zero attached hydrogens (tertiary/aromatic N) is 2. The predicted molar refractivity (Wildman–Crippen MR) is 108 cm³/mol. The number of H-pyrrole nitrogens is 1. The molecule has 3 aromatic rings. The van der Waals surface area contributed by atoms with Gasteiger partial charge in [-0.2, -0.15) is 18.3 Å². The zero-order chi connectivity index (χ0) is 21.3. The summed E-state index contributed by atoms with van der Waals surface area (Å²) in [4.78, 5) is 17.1. The molecule has 30 heavy (non-hydrogen) atoms. The molecule has 0 bridgehead atoms. The number of nitrogens with one attached hydrogen (secondary N) is 2. The van der Waals surface area contributed by atoms with Crippen LogP contribution in [0.1, 0.15) is 53.8 Å². The number of hydrogen-bond donors (Lipinski definition) is 2. The maximum atomic E-state index is 12.9. The van der Waals surface area contributed by atoms with Crippen molar-refractivity contribution in [2.75, 3.05) is 0 Å². The minimum atomic E-state index is -4.16. The van der Waals surface area contributed by atoms with Gasteiger partial charge >= 0.3 is 6.18 Å². The van der Waals surface area contributed by atoms with Crippen LogP contribution in [-0.2, 0) is 0 Å². The highest BCUT2D eigenvalue weighted by atomic mass is 19.4. The number of allylic oxidation sites excluding steroid dienone is 2. The number of aromatic amines is 1. The van der Waals surface area contributed by atoms with Gasteiger partial charge < -0.3 is 5.32 Å². The van der Waals surface area contributed by atoms with E-state index in [4.69, 9.17) is 0 Å². The van der Waals surface area contributed by atoms with E-state index < -0.39 is 12.1 Å². The Morgan fingerprint density at radius 2 is 2.13 bits per heavy atom. The molecule has 2 aromatic heterocycles. The van der Waals surface area contributed by atoms with Gasteiger partial charge in [0.25, 0.3) is 5.91 Å². The van der Waals surface area contributed by atoms with Crippen molar-refractivity contribution in [2.24, 2.45) is 5.92 Å². The summed E-state index contributed by atoms with van der Waals surface area (Å²) in [6.07, 6.45) is 1.06. The van der Waals surface area contributed by atoms with Crippen molar-refractivity contribution in [1.29, 1.82) is 0 Å². The lowest BCUT2D eigenvalue weighted by Crippen LogP contribution is -2.27. The van der Waals surface area contributed by atoms with Gasteiger partial charge in [-0.05, 0) is 43.9 Å². The Kier molecular flexibility index (Phi) is 5.32. The summed E-state index contributed by atoms with van der Waals surface area (Å²) in [6.45, 7) is 1.85. The lowest BCUT2D eigenvalue weighted by atomic mass is 9.85. The lowest BCUT2D eigenvalue weighted by molar-refractivity contribution is -0.175. The van der Waals surface area contributed by atoms with E-state index in [1.165, 1.54) is 6.20 Å². The first-order valence-corrected chi connectivity index (χ1v) is 9.78. The quantitative estimate of drug-likeness (QED) is 0.617. The first-order valence-electron chi connectivity index (χ1n) is 9.78. The van der Waals surface area contributed by atoms with Crippen molar-refractivity contribution in [3.8, 4) is 0 Å². The SMILES string of the molecule is CC(NC(=O)c1cnc2c(C3=CCC(C(F)(F)F)CC3)cccc2c1)c1ccn[nH]1. The highest BCUT2D eigenvalue weighted by molar-refractivity contribution is 5.99. The molecule has 2 N–H and O–H groups in total. The van der Waals surface area contributed by atoms with Gasteiger partial charge in [-0.15, -0.1) is 0 Å². The van der Waals surface area contributed by atoms with E-state index in [0.29, 0.717) is 17.5 Å². The molecular weight excluding hydrogens is 393 g/mol. The van der Waals surface area contributed by atoms with Crippen LogP contribution in [0.3, 0.4) is 0 Å². The Morgan fingerprint density at radius 3 is 2.80 bits per heavy atom. The van der Waals surface area contributed by atoms with E-state index in [1.54, 1.807) is 24.4 Å². The number of pyridine rings is 1. The monoisotopic (exact) mass is 414 g/mol. The van der Waals surface area contributed by atoms with Crippen molar-refractivity contribution in [1.82, 2.24) is 20.5 Å². The third-order valence-corrected chi connectivity index (χ3v) is 5.53. The van der Waals surface area contributed by atoms with Crippen LogP contribution in [0.4, 0.5) is 13.2 Å². The van der Waals surface area contributed by atoms with E-state index in [0.717, 1.165) is 22.2 Å². The number of rotatable bonds is 4. The van der Waals surface area contributed by atoms with Gasteiger partial charge in [-0.25, -0.2) is 0 Å². The molecule has 1 aliphatic rings. The Balaban J connectivity index is 1.57. The Labute approximate surface area is 171 Å². The standard InChI is InChI=1S/C22H21F3N4O/c1-13(19-9-10-27-29-19)28-21(30)16-11-15-3-2-4-18(20(15)26-12-16)14-5-7-17(8-6-14)22(23,24)25/h2-5,9-13,17H,6-8H2,1H3,(H,27,29)(H,28,30). The second-order valence-electron chi connectivity index (χ2n) is 7.55. The first kappa shape index (κ1) is 20.1. The first-order chi connectivity index (χ1) is 14.3. The fourth-order valence-corrected chi connectivity index (χ4v) is 3.79. The average Bonchev–Trinajstić information content (AvgIpc) is 3.27. The molecule has 4 rings (SSSR count). The maximum Gasteiger partial charge on any atom is 0.392 e. The zero-order valence-corrected chi connectivity index (χ0v) is 16.3. The van der Waals surface area contributed by atoms with Crippen molar-refractivity contribution in [3.63, 3.8) is 0 Å². The van der Waals surface area contributed by atoms with E-state index in [-0.39, 0.29) is 24.8 Å². The fraction of sp³-hybridized carbons (Fsp3) is 0.318. The summed E-state index contributed by atoms with van der Waals surface area (Å²) in [5, 5.41) is 10.4. The number of aromatic nitrogens is 3. The molecule has 1 aliphatic carbocycles. The topological polar surface area (TPSA) is 70.7 Å². The second-order valence-corrected chi connectivity index (χ2v) is 7.55. The average molecular weight is 414 g/mol. The van der Waals surface area contributed by atoms with Crippen LogP contribution in [0.25, 0.3) is 16.5 Å². The summed E-state index contributed by atoms with van der Waals surface area (Å²) in [5.41, 5.74) is 3.60. The summed E-state index contributed by atoms with van der Waals surface area (Å²) in [7, 11) is 0. The molecule has 0 aliphatic heterocycles. The molecule has 0 saturated heterocycles. The van der Waals surface area contributed by atoms with E-state index in [1.807, 2.05) is 25.1 Å². The number of hydrogen-bond acceptors (Lipinski definition) is 3. The van der Waals surface area contributed by atoms with Crippen LogP contribution in [0.2, 0.25) is 0 Å². The van der Waals surface area contributed by atoms with Gasteiger partial charge in [0.1, 0.15) is 0 Å². The summed E-state index contributed by atoms with van der Waals surface area (Å²) >= 11 is 0. The Bertz CT molecular complexity index is 1090.